The summed E-state index contributed by atoms with van der Waals surface area (Å²) in [6, 6.07) is 9.10. The average Bonchev–Trinajstić information content (AvgIpc) is 2.37. The topological polar surface area (TPSA) is 29.5 Å². The summed E-state index contributed by atoms with van der Waals surface area (Å²) in [5.74, 6) is -0.245. The molecule has 1 aromatic rings. The van der Waals surface area contributed by atoms with E-state index < -0.39 is 0 Å². The average molecular weight is 235 g/mol. The highest BCUT2D eigenvalue weighted by molar-refractivity contribution is 5.89. The molecule has 0 aliphatic heterocycles. The van der Waals surface area contributed by atoms with Gasteiger partial charge in [-0.1, -0.05) is 32.0 Å². The van der Waals surface area contributed by atoms with Gasteiger partial charge in [-0.15, -0.1) is 0 Å². The maximum Gasteiger partial charge on any atom is 0.338 e. The second kappa shape index (κ2) is 7.07. The van der Waals surface area contributed by atoms with Crippen molar-refractivity contribution in [3.63, 3.8) is 0 Å². The lowest BCUT2D eigenvalue weighted by atomic mass is 10.2. The molecule has 0 spiro atoms. The molecule has 1 unspecified atom stereocenters. The van der Waals surface area contributed by atoms with Crippen molar-refractivity contribution in [2.75, 3.05) is 19.6 Å². The van der Waals surface area contributed by atoms with Crippen molar-refractivity contribution in [2.24, 2.45) is 0 Å². The van der Waals surface area contributed by atoms with Gasteiger partial charge in [0.2, 0.25) is 0 Å². The molecule has 1 aromatic carbocycles. The van der Waals surface area contributed by atoms with Crippen LogP contribution in [0, 0.1) is 0 Å². The molecule has 0 saturated carbocycles. The van der Waals surface area contributed by atoms with Crippen LogP contribution in [0.2, 0.25) is 0 Å². The second-order valence-electron chi connectivity index (χ2n) is 4.07. The van der Waals surface area contributed by atoms with Crippen LogP contribution in [0.25, 0.3) is 0 Å². The number of rotatable bonds is 6. The van der Waals surface area contributed by atoms with Crippen molar-refractivity contribution in [3.05, 3.63) is 35.9 Å². The minimum Gasteiger partial charge on any atom is -0.458 e. The van der Waals surface area contributed by atoms with Gasteiger partial charge in [0.1, 0.15) is 6.10 Å². The van der Waals surface area contributed by atoms with Crippen molar-refractivity contribution < 1.29 is 9.53 Å². The number of likely N-dealkylation sites (N-methyl/N-ethyl adjacent to an activating group) is 1. The highest BCUT2D eigenvalue weighted by Crippen LogP contribution is 2.05. The van der Waals surface area contributed by atoms with Crippen LogP contribution in [0.5, 0.6) is 0 Å². The molecular weight excluding hydrogens is 214 g/mol. The van der Waals surface area contributed by atoms with Gasteiger partial charge in [-0.2, -0.15) is 0 Å². The van der Waals surface area contributed by atoms with Crippen LogP contribution in [0.3, 0.4) is 0 Å². The number of nitrogens with zero attached hydrogens (tertiary/aromatic N) is 1. The maximum absolute atomic E-state index is 11.8. The number of carbonyl (C=O) groups is 1. The first-order valence-corrected chi connectivity index (χ1v) is 6.15. The molecule has 0 saturated heterocycles. The van der Waals surface area contributed by atoms with Crippen LogP contribution in [-0.4, -0.2) is 36.6 Å². The molecule has 3 nitrogen and oxygen atoms in total. The molecule has 0 bridgehead atoms. The van der Waals surface area contributed by atoms with Crippen LogP contribution in [0.15, 0.2) is 30.3 Å². The van der Waals surface area contributed by atoms with E-state index in [2.05, 4.69) is 18.7 Å². The van der Waals surface area contributed by atoms with E-state index >= 15 is 0 Å². The quantitative estimate of drug-likeness (QED) is 0.710. The Bertz CT molecular complexity index is 333. The normalized spacial score (nSPS) is 12.5. The molecule has 0 aliphatic carbocycles. The lowest BCUT2D eigenvalue weighted by Gasteiger charge is -2.22. The van der Waals surface area contributed by atoms with Crippen LogP contribution >= 0.6 is 0 Å². The Kier molecular flexibility index (Phi) is 5.70. The lowest BCUT2D eigenvalue weighted by Crippen LogP contribution is -2.33. The zero-order valence-electron chi connectivity index (χ0n) is 10.8. The number of hydrogen-bond acceptors (Lipinski definition) is 3. The summed E-state index contributed by atoms with van der Waals surface area (Å²) in [6.07, 6.45) is -0.0809. The van der Waals surface area contributed by atoms with Gasteiger partial charge in [-0.3, -0.25) is 0 Å². The fourth-order valence-electron chi connectivity index (χ4n) is 1.71. The monoisotopic (exact) mass is 235 g/mol. The number of carbonyl (C=O) groups excluding carboxylic acids is 1. The summed E-state index contributed by atoms with van der Waals surface area (Å²) in [5, 5.41) is 0. The SMILES string of the molecule is CCN(CC)CC(C)OC(=O)c1ccccc1. The van der Waals surface area contributed by atoms with Gasteiger partial charge >= 0.3 is 5.97 Å². The Morgan fingerprint density at radius 3 is 2.35 bits per heavy atom. The fraction of sp³-hybridized carbons (Fsp3) is 0.500. The number of esters is 1. The molecule has 0 heterocycles. The number of ether oxygens (including phenoxy) is 1. The van der Waals surface area contributed by atoms with E-state index in [0.29, 0.717) is 5.56 Å². The number of hydrogen-bond donors (Lipinski definition) is 0. The van der Waals surface area contributed by atoms with E-state index in [1.807, 2.05) is 25.1 Å². The van der Waals surface area contributed by atoms with Crippen LogP contribution in [0.1, 0.15) is 31.1 Å². The van der Waals surface area contributed by atoms with Gasteiger partial charge in [-0.05, 0) is 32.1 Å². The Labute approximate surface area is 103 Å². The Balaban J connectivity index is 2.46. The molecule has 1 atom stereocenters. The van der Waals surface area contributed by atoms with Crippen molar-refractivity contribution in [2.45, 2.75) is 26.9 Å². The van der Waals surface area contributed by atoms with Crippen LogP contribution in [-0.2, 0) is 4.74 Å². The molecule has 0 aliphatic rings. The molecular formula is C14H21NO2. The second-order valence-corrected chi connectivity index (χ2v) is 4.07. The van der Waals surface area contributed by atoms with Crippen molar-refractivity contribution in [3.8, 4) is 0 Å². The lowest BCUT2D eigenvalue weighted by molar-refractivity contribution is 0.0260. The molecule has 17 heavy (non-hydrogen) atoms. The summed E-state index contributed by atoms with van der Waals surface area (Å²) >= 11 is 0. The molecule has 3 heteroatoms. The first-order chi connectivity index (χ1) is 8.17. The zero-order valence-corrected chi connectivity index (χ0v) is 10.8. The highest BCUT2D eigenvalue weighted by atomic mass is 16.5. The van der Waals surface area contributed by atoms with Crippen molar-refractivity contribution in [1.82, 2.24) is 4.90 Å². The molecule has 1 rings (SSSR count). The molecule has 0 radical (unpaired) electrons. The fourth-order valence-corrected chi connectivity index (χ4v) is 1.71. The van der Waals surface area contributed by atoms with E-state index in [4.69, 9.17) is 4.74 Å². The first-order valence-electron chi connectivity index (χ1n) is 6.15. The summed E-state index contributed by atoms with van der Waals surface area (Å²) < 4.78 is 5.39. The predicted octanol–water partition coefficient (Wildman–Crippen LogP) is 2.57. The van der Waals surface area contributed by atoms with Gasteiger partial charge in [-0.25, -0.2) is 4.79 Å². The summed E-state index contributed by atoms with van der Waals surface area (Å²) in [4.78, 5) is 14.0. The Morgan fingerprint density at radius 2 is 1.82 bits per heavy atom. The predicted molar refractivity (Wildman–Crippen MR) is 69.1 cm³/mol. The largest absolute Gasteiger partial charge is 0.458 e. The molecule has 0 N–H and O–H groups in total. The first kappa shape index (κ1) is 13.7. The van der Waals surface area contributed by atoms with E-state index in [9.17, 15) is 4.79 Å². The van der Waals surface area contributed by atoms with Gasteiger partial charge in [0.25, 0.3) is 0 Å². The van der Waals surface area contributed by atoms with E-state index in [0.717, 1.165) is 19.6 Å². The third-order valence-electron chi connectivity index (χ3n) is 2.73. The van der Waals surface area contributed by atoms with Gasteiger partial charge in [0.05, 0.1) is 5.56 Å². The third-order valence-corrected chi connectivity index (χ3v) is 2.73. The minimum absolute atomic E-state index is 0.0809. The Hall–Kier alpha value is -1.35. The smallest absolute Gasteiger partial charge is 0.338 e. The zero-order chi connectivity index (χ0) is 12.7. The van der Waals surface area contributed by atoms with E-state index in [-0.39, 0.29) is 12.1 Å². The Morgan fingerprint density at radius 1 is 1.24 bits per heavy atom. The minimum atomic E-state index is -0.245. The van der Waals surface area contributed by atoms with Crippen molar-refractivity contribution in [1.29, 1.82) is 0 Å². The molecule has 0 amide bonds. The van der Waals surface area contributed by atoms with Gasteiger partial charge in [0.15, 0.2) is 0 Å². The van der Waals surface area contributed by atoms with Crippen LogP contribution < -0.4 is 0 Å². The van der Waals surface area contributed by atoms with Gasteiger partial charge < -0.3 is 9.64 Å². The highest BCUT2D eigenvalue weighted by Gasteiger charge is 2.13. The van der Waals surface area contributed by atoms with Crippen molar-refractivity contribution >= 4 is 5.97 Å². The maximum atomic E-state index is 11.8. The van der Waals surface area contributed by atoms with E-state index in [1.54, 1.807) is 12.1 Å². The molecule has 94 valence electrons. The third kappa shape index (κ3) is 4.57. The van der Waals surface area contributed by atoms with Gasteiger partial charge in [0, 0.05) is 6.54 Å². The molecule has 0 fully saturated rings. The summed E-state index contributed by atoms with van der Waals surface area (Å²) in [6.45, 7) is 8.88. The standard InChI is InChI=1S/C14H21NO2/c1-4-15(5-2)11-12(3)17-14(16)13-9-7-6-8-10-13/h6-10,12H,4-5,11H2,1-3H3. The summed E-state index contributed by atoms with van der Waals surface area (Å²) in [5.41, 5.74) is 0.610. The van der Waals surface area contributed by atoms with Crippen LogP contribution in [0.4, 0.5) is 0 Å². The molecule has 0 aromatic heterocycles. The summed E-state index contributed by atoms with van der Waals surface area (Å²) in [7, 11) is 0. The van der Waals surface area contributed by atoms with E-state index in [1.165, 1.54) is 0 Å². The number of benzene rings is 1.